The Hall–Kier alpha value is -2.12. The number of hydrogen-bond donors (Lipinski definition) is 1. The molecule has 0 aliphatic rings. The van der Waals surface area contributed by atoms with Gasteiger partial charge in [-0.05, 0) is 24.6 Å². The number of rotatable bonds is 7. The highest BCUT2D eigenvalue weighted by Gasteiger charge is 2.25. The highest BCUT2D eigenvalue weighted by atomic mass is 35.5. The Morgan fingerprint density at radius 3 is 2.67 bits per heavy atom. The van der Waals surface area contributed by atoms with E-state index in [9.17, 15) is 10.1 Å². The van der Waals surface area contributed by atoms with Crippen molar-refractivity contribution in [3.63, 3.8) is 0 Å². The number of aromatic nitrogens is 2. The van der Waals surface area contributed by atoms with Crippen molar-refractivity contribution in [2.45, 2.75) is 19.8 Å². The Kier molecular flexibility index (Phi) is 6.16. The fourth-order valence-electron chi connectivity index (χ4n) is 2.12. The Labute approximate surface area is 149 Å². The van der Waals surface area contributed by atoms with Gasteiger partial charge in [-0.2, -0.15) is 0 Å². The maximum absolute atomic E-state index is 11.5. The molecule has 0 saturated heterocycles. The van der Waals surface area contributed by atoms with Crippen LogP contribution < -0.4 is 10.2 Å². The molecule has 2 rings (SSSR count). The standard InChI is InChI=1S/C15H17Cl2N5O2/c1-3-4-7-21(2)15-13(22(23)24)14(18-9-19-15)20-10-5-6-11(16)12(17)8-10/h5-6,8-9H,3-4,7H2,1-2H3,(H,18,19,20). The molecule has 1 N–H and O–H groups in total. The van der Waals surface area contributed by atoms with Crippen molar-refractivity contribution in [1.29, 1.82) is 0 Å². The molecular weight excluding hydrogens is 353 g/mol. The lowest BCUT2D eigenvalue weighted by Gasteiger charge is -2.18. The summed E-state index contributed by atoms with van der Waals surface area (Å²) in [5.41, 5.74) is 0.371. The number of hydrogen-bond acceptors (Lipinski definition) is 6. The number of halogens is 2. The predicted octanol–water partition coefficient (Wildman–Crippen LogP) is 4.67. The van der Waals surface area contributed by atoms with Crippen LogP contribution in [0.3, 0.4) is 0 Å². The summed E-state index contributed by atoms with van der Waals surface area (Å²) in [5, 5.41) is 15.2. The monoisotopic (exact) mass is 369 g/mol. The average Bonchev–Trinajstić information content (AvgIpc) is 2.55. The number of anilines is 3. The van der Waals surface area contributed by atoms with Crippen molar-refractivity contribution in [1.82, 2.24) is 9.97 Å². The lowest BCUT2D eigenvalue weighted by molar-refractivity contribution is -0.383. The average molecular weight is 370 g/mol. The highest BCUT2D eigenvalue weighted by Crippen LogP contribution is 2.34. The molecule has 1 aromatic carbocycles. The summed E-state index contributed by atoms with van der Waals surface area (Å²) >= 11 is 11.9. The number of nitro groups is 1. The third-order valence-corrected chi connectivity index (χ3v) is 4.12. The summed E-state index contributed by atoms with van der Waals surface area (Å²) in [5.74, 6) is 0.373. The zero-order valence-electron chi connectivity index (χ0n) is 13.3. The minimum Gasteiger partial charge on any atom is -0.354 e. The van der Waals surface area contributed by atoms with Crippen LogP contribution in [0.25, 0.3) is 0 Å². The minimum atomic E-state index is -0.488. The van der Waals surface area contributed by atoms with Crippen molar-refractivity contribution < 1.29 is 4.92 Å². The molecule has 0 fully saturated rings. The molecule has 0 amide bonds. The van der Waals surface area contributed by atoms with Crippen LogP contribution in [0, 0.1) is 10.1 Å². The van der Waals surface area contributed by atoms with Crippen LogP contribution in [0.2, 0.25) is 10.0 Å². The lowest BCUT2D eigenvalue weighted by atomic mass is 10.3. The van der Waals surface area contributed by atoms with E-state index in [1.165, 1.54) is 6.33 Å². The van der Waals surface area contributed by atoms with Gasteiger partial charge < -0.3 is 10.2 Å². The maximum Gasteiger partial charge on any atom is 0.353 e. The summed E-state index contributed by atoms with van der Waals surface area (Å²) < 4.78 is 0. The molecule has 2 aromatic rings. The quantitative estimate of drug-likeness (QED) is 0.563. The van der Waals surface area contributed by atoms with Crippen LogP contribution in [0.5, 0.6) is 0 Å². The minimum absolute atomic E-state index is 0.103. The Morgan fingerprint density at radius 2 is 2.04 bits per heavy atom. The van der Waals surface area contributed by atoms with Crippen LogP contribution in [0.15, 0.2) is 24.5 Å². The van der Waals surface area contributed by atoms with Crippen LogP contribution in [-0.2, 0) is 0 Å². The molecule has 0 aliphatic carbocycles. The van der Waals surface area contributed by atoms with Gasteiger partial charge in [0.25, 0.3) is 0 Å². The summed E-state index contributed by atoms with van der Waals surface area (Å²) in [4.78, 5) is 20.9. The van der Waals surface area contributed by atoms with E-state index in [1.54, 1.807) is 30.1 Å². The van der Waals surface area contributed by atoms with E-state index in [2.05, 4.69) is 22.2 Å². The molecule has 1 aromatic heterocycles. The van der Waals surface area contributed by atoms with Gasteiger partial charge in [0, 0.05) is 19.3 Å². The molecule has 24 heavy (non-hydrogen) atoms. The summed E-state index contributed by atoms with van der Waals surface area (Å²) in [6, 6.07) is 4.85. The topological polar surface area (TPSA) is 84.2 Å². The number of nitrogens with zero attached hydrogens (tertiary/aromatic N) is 4. The highest BCUT2D eigenvalue weighted by molar-refractivity contribution is 6.42. The van der Waals surface area contributed by atoms with E-state index in [0.717, 1.165) is 12.8 Å². The second-order valence-corrected chi connectivity index (χ2v) is 5.99. The molecule has 0 atom stereocenters. The van der Waals surface area contributed by atoms with Gasteiger partial charge in [-0.1, -0.05) is 36.5 Å². The molecule has 128 valence electrons. The smallest absolute Gasteiger partial charge is 0.353 e. The van der Waals surface area contributed by atoms with Gasteiger partial charge in [-0.15, -0.1) is 0 Å². The van der Waals surface area contributed by atoms with Crippen molar-refractivity contribution in [2.75, 3.05) is 23.8 Å². The van der Waals surface area contributed by atoms with E-state index in [4.69, 9.17) is 23.2 Å². The Morgan fingerprint density at radius 1 is 1.29 bits per heavy atom. The van der Waals surface area contributed by atoms with E-state index in [0.29, 0.717) is 22.3 Å². The van der Waals surface area contributed by atoms with Gasteiger partial charge in [0.1, 0.15) is 6.33 Å². The van der Waals surface area contributed by atoms with Gasteiger partial charge in [0.05, 0.1) is 15.0 Å². The van der Waals surface area contributed by atoms with Crippen LogP contribution in [0.1, 0.15) is 19.8 Å². The van der Waals surface area contributed by atoms with Gasteiger partial charge in [-0.3, -0.25) is 10.1 Å². The molecule has 0 bridgehead atoms. The summed E-state index contributed by atoms with van der Waals surface area (Å²) in [6.07, 6.45) is 3.19. The second-order valence-electron chi connectivity index (χ2n) is 5.18. The van der Waals surface area contributed by atoms with Crippen LogP contribution in [0.4, 0.5) is 23.0 Å². The van der Waals surface area contributed by atoms with Crippen molar-refractivity contribution in [3.8, 4) is 0 Å². The Balaban J connectivity index is 2.38. The fraction of sp³-hybridized carbons (Fsp3) is 0.333. The molecule has 0 unspecified atom stereocenters. The maximum atomic E-state index is 11.5. The van der Waals surface area contributed by atoms with Gasteiger partial charge in [0.2, 0.25) is 11.6 Å². The summed E-state index contributed by atoms with van der Waals surface area (Å²) in [6.45, 7) is 2.72. The molecule has 7 nitrogen and oxygen atoms in total. The van der Waals surface area contributed by atoms with Crippen LogP contribution >= 0.6 is 23.2 Å². The zero-order valence-corrected chi connectivity index (χ0v) is 14.8. The largest absolute Gasteiger partial charge is 0.354 e. The lowest BCUT2D eigenvalue weighted by Crippen LogP contribution is -2.21. The van der Waals surface area contributed by atoms with Crippen LogP contribution in [-0.4, -0.2) is 28.5 Å². The first-order chi connectivity index (χ1) is 11.4. The molecule has 9 heteroatoms. The fourth-order valence-corrected chi connectivity index (χ4v) is 2.42. The van der Waals surface area contributed by atoms with Crippen molar-refractivity contribution >= 4 is 46.2 Å². The third kappa shape index (κ3) is 4.24. The number of nitrogens with one attached hydrogen (secondary N) is 1. The molecule has 0 spiro atoms. The van der Waals surface area contributed by atoms with E-state index >= 15 is 0 Å². The first kappa shape index (κ1) is 18.2. The van der Waals surface area contributed by atoms with E-state index in [-0.39, 0.29) is 17.3 Å². The molecule has 1 heterocycles. The molecule has 0 saturated carbocycles. The second kappa shape index (κ2) is 8.12. The first-order valence-electron chi connectivity index (χ1n) is 7.36. The van der Waals surface area contributed by atoms with Gasteiger partial charge in [-0.25, -0.2) is 9.97 Å². The summed E-state index contributed by atoms with van der Waals surface area (Å²) in [7, 11) is 1.77. The normalized spacial score (nSPS) is 10.5. The first-order valence-corrected chi connectivity index (χ1v) is 8.12. The molecular formula is C15H17Cl2N5O2. The molecule has 0 aliphatic heterocycles. The Bertz CT molecular complexity index is 742. The number of benzene rings is 1. The number of unbranched alkanes of at least 4 members (excludes halogenated alkanes) is 1. The molecule has 0 radical (unpaired) electrons. The van der Waals surface area contributed by atoms with E-state index < -0.39 is 4.92 Å². The van der Waals surface area contributed by atoms with Gasteiger partial charge in [0.15, 0.2) is 0 Å². The van der Waals surface area contributed by atoms with E-state index in [1.807, 2.05) is 0 Å². The van der Waals surface area contributed by atoms with Crippen molar-refractivity contribution in [2.24, 2.45) is 0 Å². The van der Waals surface area contributed by atoms with Crippen molar-refractivity contribution in [3.05, 3.63) is 44.7 Å². The van der Waals surface area contributed by atoms with Gasteiger partial charge >= 0.3 is 5.69 Å². The predicted molar refractivity (Wildman–Crippen MR) is 96.6 cm³/mol. The third-order valence-electron chi connectivity index (χ3n) is 3.38. The SMILES string of the molecule is CCCCN(C)c1ncnc(Nc2ccc(Cl)c(Cl)c2)c1[N+](=O)[O-]. The zero-order chi connectivity index (χ0) is 17.7.